The smallest absolute Gasteiger partial charge is 0.357 e. The van der Waals surface area contributed by atoms with Crippen molar-refractivity contribution in [2.45, 2.75) is 13.8 Å². The fraction of sp³-hybridized carbons (Fsp3) is 0.130. The molecule has 30 heavy (non-hydrogen) atoms. The SMILES string of the molecule is COc1ccc(/C=C\c2c(C(=O)O)nn(-c3ccc(C)c(C)c3)c(=O)c2C#N)cc1. The first-order valence-corrected chi connectivity index (χ1v) is 9.06. The van der Waals surface area contributed by atoms with Crippen LogP contribution in [-0.2, 0) is 0 Å². The predicted molar refractivity (Wildman–Crippen MR) is 113 cm³/mol. The Morgan fingerprint density at radius 2 is 1.83 bits per heavy atom. The molecule has 0 atom stereocenters. The highest BCUT2D eigenvalue weighted by Gasteiger charge is 2.21. The van der Waals surface area contributed by atoms with Gasteiger partial charge in [-0.25, -0.2) is 4.79 Å². The van der Waals surface area contributed by atoms with Crippen molar-refractivity contribution in [3.8, 4) is 17.5 Å². The van der Waals surface area contributed by atoms with Crippen LogP contribution in [-0.4, -0.2) is 28.0 Å². The number of carboxylic acid groups (broad SMARTS) is 1. The number of carboxylic acids is 1. The Kier molecular flexibility index (Phi) is 5.79. The monoisotopic (exact) mass is 401 g/mol. The van der Waals surface area contributed by atoms with Crippen LogP contribution in [0, 0.1) is 25.2 Å². The van der Waals surface area contributed by atoms with Crippen molar-refractivity contribution >= 4 is 18.1 Å². The lowest BCUT2D eigenvalue weighted by Gasteiger charge is -2.11. The van der Waals surface area contributed by atoms with Gasteiger partial charge in [-0.3, -0.25) is 4.79 Å². The summed E-state index contributed by atoms with van der Waals surface area (Å²) in [6.45, 7) is 3.80. The fourth-order valence-electron chi connectivity index (χ4n) is 2.89. The summed E-state index contributed by atoms with van der Waals surface area (Å²) < 4.78 is 6.06. The van der Waals surface area contributed by atoms with E-state index in [1.165, 1.54) is 6.08 Å². The number of nitriles is 1. The molecule has 0 fully saturated rings. The van der Waals surface area contributed by atoms with Crippen LogP contribution in [0.4, 0.5) is 0 Å². The maximum Gasteiger partial charge on any atom is 0.357 e. The number of aromatic nitrogens is 2. The first-order valence-electron chi connectivity index (χ1n) is 9.06. The number of aryl methyl sites for hydroxylation is 2. The summed E-state index contributed by atoms with van der Waals surface area (Å²) in [5.74, 6) is -0.660. The van der Waals surface area contributed by atoms with E-state index in [4.69, 9.17) is 4.74 Å². The number of carbonyl (C=O) groups is 1. The summed E-state index contributed by atoms with van der Waals surface area (Å²) in [5.41, 5.74) is 1.69. The van der Waals surface area contributed by atoms with Crippen molar-refractivity contribution in [3.63, 3.8) is 0 Å². The van der Waals surface area contributed by atoms with Crippen LogP contribution in [0.15, 0.2) is 47.3 Å². The maximum absolute atomic E-state index is 12.9. The molecule has 7 nitrogen and oxygen atoms in total. The molecular formula is C23H19N3O4. The molecule has 0 bridgehead atoms. The van der Waals surface area contributed by atoms with Crippen LogP contribution in [0.2, 0.25) is 0 Å². The number of rotatable bonds is 5. The van der Waals surface area contributed by atoms with Gasteiger partial charge in [0.2, 0.25) is 0 Å². The van der Waals surface area contributed by atoms with Gasteiger partial charge in [0.1, 0.15) is 17.4 Å². The molecule has 1 heterocycles. The Hall–Kier alpha value is -4.18. The second-order valence-corrected chi connectivity index (χ2v) is 6.65. The summed E-state index contributed by atoms with van der Waals surface area (Å²) in [6.07, 6.45) is 3.03. The molecule has 0 radical (unpaired) electrons. The van der Waals surface area contributed by atoms with Crippen molar-refractivity contribution in [2.75, 3.05) is 7.11 Å². The van der Waals surface area contributed by atoms with Gasteiger partial charge in [0, 0.05) is 5.56 Å². The molecule has 0 spiro atoms. The van der Waals surface area contributed by atoms with Crippen molar-refractivity contribution < 1.29 is 14.6 Å². The highest BCUT2D eigenvalue weighted by atomic mass is 16.5. The van der Waals surface area contributed by atoms with E-state index in [0.29, 0.717) is 11.4 Å². The number of aromatic carboxylic acids is 1. The second-order valence-electron chi connectivity index (χ2n) is 6.65. The minimum Gasteiger partial charge on any atom is -0.497 e. The van der Waals surface area contributed by atoms with E-state index in [2.05, 4.69) is 5.10 Å². The predicted octanol–water partition coefficient (Wildman–Crippen LogP) is 3.60. The molecule has 0 aliphatic rings. The third-order valence-corrected chi connectivity index (χ3v) is 4.74. The van der Waals surface area contributed by atoms with Crippen LogP contribution in [0.3, 0.4) is 0 Å². The van der Waals surface area contributed by atoms with Crippen LogP contribution >= 0.6 is 0 Å². The third-order valence-electron chi connectivity index (χ3n) is 4.74. The van der Waals surface area contributed by atoms with Crippen LogP contribution in [0.5, 0.6) is 5.75 Å². The van der Waals surface area contributed by atoms with Gasteiger partial charge in [-0.05, 0) is 54.8 Å². The van der Waals surface area contributed by atoms with Gasteiger partial charge >= 0.3 is 5.97 Å². The molecule has 0 saturated carbocycles. The Morgan fingerprint density at radius 3 is 2.40 bits per heavy atom. The average Bonchev–Trinajstić information content (AvgIpc) is 2.74. The van der Waals surface area contributed by atoms with Gasteiger partial charge in [-0.2, -0.15) is 15.0 Å². The average molecular weight is 401 g/mol. The first kappa shape index (κ1) is 20.6. The molecular weight excluding hydrogens is 382 g/mol. The molecule has 0 saturated heterocycles. The molecule has 2 aromatic carbocycles. The van der Waals surface area contributed by atoms with E-state index in [-0.39, 0.29) is 16.8 Å². The molecule has 0 aliphatic heterocycles. The number of ether oxygens (including phenoxy) is 1. The van der Waals surface area contributed by atoms with Crippen LogP contribution < -0.4 is 10.3 Å². The molecule has 1 N–H and O–H groups in total. The lowest BCUT2D eigenvalue weighted by molar-refractivity contribution is 0.0688. The lowest BCUT2D eigenvalue weighted by Crippen LogP contribution is -2.28. The summed E-state index contributed by atoms with van der Waals surface area (Å²) >= 11 is 0. The molecule has 0 aliphatic carbocycles. The zero-order chi connectivity index (χ0) is 21.8. The molecule has 0 unspecified atom stereocenters. The molecule has 150 valence electrons. The van der Waals surface area contributed by atoms with Crippen molar-refractivity contribution in [2.24, 2.45) is 0 Å². The van der Waals surface area contributed by atoms with E-state index in [9.17, 15) is 20.0 Å². The maximum atomic E-state index is 12.9. The number of nitrogens with zero attached hydrogens (tertiary/aromatic N) is 3. The minimum absolute atomic E-state index is 0.0362. The van der Waals surface area contributed by atoms with Crippen molar-refractivity contribution in [3.05, 3.63) is 86.3 Å². The van der Waals surface area contributed by atoms with E-state index < -0.39 is 11.5 Å². The van der Waals surface area contributed by atoms with Crippen LogP contribution in [0.25, 0.3) is 17.8 Å². The Labute approximate surface area is 173 Å². The van der Waals surface area contributed by atoms with Crippen LogP contribution in [0.1, 0.15) is 38.3 Å². The number of hydrogen-bond donors (Lipinski definition) is 1. The van der Waals surface area contributed by atoms with Gasteiger partial charge < -0.3 is 9.84 Å². The fourth-order valence-corrected chi connectivity index (χ4v) is 2.89. The number of benzene rings is 2. The molecule has 3 aromatic rings. The summed E-state index contributed by atoms with van der Waals surface area (Å²) in [4.78, 5) is 24.8. The summed E-state index contributed by atoms with van der Waals surface area (Å²) in [6, 6.07) is 14.1. The minimum atomic E-state index is -1.33. The zero-order valence-electron chi connectivity index (χ0n) is 16.7. The highest BCUT2D eigenvalue weighted by Crippen LogP contribution is 2.18. The lowest BCUT2D eigenvalue weighted by atomic mass is 10.1. The third kappa shape index (κ3) is 3.98. The highest BCUT2D eigenvalue weighted by molar-refractivity contribution is 5.92. The quantitative estimate of drug-likeness (QED) is 0.700. The Morgan fingerprint density at radius 1 is 1.13 bits per heavy atom. The number of methoxy groups -OCH3 is 1. The largest absolute Gasteiger partial charge is 0.497 e. The standard InChI is InChI=1S/C23H19N3O4/c1-14-4-8-17(12-15(14)2)26-22(27)20(13-24)19(21(25-26)23(28)29)11-7-16-5-9-18(30-3)10-6-16/h4-12H,1-3H3,(H,28,29)/b11-7-. The van der Waals surface area contributed by atoms with E-state index >= 15 is 0 Å². The molecule has 7 heteroatoms. The topological polar surface area (TPSA) is 105 Å². The first-order chi connectivity index (χ1) is 14.3. The molecule has 0 amide bonds. The van der Waals surface area contributed by atoms with E-state index in [0.717, 1.165) is 21.4 Å². The second kappa shape index (κ2) is 8.45. The van der Waals surface area contributed by atoms with Gasteiger partial charge in [0.05, 0.1) is 12.8 Å². The zero-order valence-corrected chi connectivity index (χ0v) is 16.7. The van der Waals surface area contributed by atoms with Crippen molar-refractivity contribution in [1.29, 1.82) is 5.26 Å². The van der Waals surface area contributed by atoms with E-state index in [1.54, 1.807) is 49.6 Å². The normalized spacial score (nSPS) is 10.7. The van der Waals surface area contributed by atoms with Crippen molar-refractivity contribution in [1.82, 2.24) is 9.78 Å². The van der Waals surface area contributed by atoms with E-state index in [1.807, 2.05) is 26.0 Å². The number of hydrogen-bond acceptors (Lipinski definition) is 5. The molecule has 1 aromatic heterocycles. The van der Waals surface area contributed by atoms with Gasteiger partial charge in [0.25, 0.3) is 5.56 Å². The Bertz CT molecular complexity index is 1250. The van der Waals surface area contributed by atoms with Gasteiger partial charge in [0.15, 0.2) is 5.69 Å². The van der Waals surface area contributed by atoms with Gasteiger partial charge in [-0.15, -0.1) is 0 Å². The summed E-state index contributed by atoms with van der Waals surface area (Å²) in [5, 5.41) is 23.3. The summed E-state index contributed by atoms with van der Waals surface area (Å²) in [7, 11) is 1.55. The molecule has 3 rings (SSSR count). The van der Waals surface area contributed by atoms with Gasteiger partial charge in [-0.1, -0.05) is 30.4 Å². The Balaban J connectivity index is 2.18.